The average Bonchev–Trinajstić information content (AvgIpc) is 2.44. The molecular formula is C15H23NO3. The first kappa shape index (κ1) is 14.2. The third-order valence-electron chi connectivity index (χ3n) is 3.25. The summed E-state index contributed by atoms with van der Waals surface area (Å²) < 4.78 is 16.9. The molecule has 1 aliphatic rings. The highest BCUT2D eigenvalue weighted by atomic mass is 16.6. The van der Waals surface area contributed by atoms with E-state index in [9.17, 15) is 0 Å². The molecule has 2 atom stereocenters. The number of hydrogen-bond donors (Lipinski definition) is 1. The number of ether oxygens (including phenoxy) is 3. The molecule has 0 aromatic heterocycles. The van der Waals surface area contributed by atoms with Crippen LogP contribution in [0.2, 0.25) is 0 Å². The third kappa shape index (κ3) is 3.39. The van der Waals surface area contributed by atoms with Gasteiger partial charge in [-0.05, 0) is 38.1 Å². The monoisotopic (exact) mass is 265 g/mol. The first-order valence-electron chi connectivity index (χ1n) is 7.00. The predicted molar refractivity (Wildman–Crippen MR) is 74.9 cm³/mol. The number of hydrogen-bond acceptors (Lipinski definition) is 4. The number of nitrogens with one attached hydrogen (secondary N) is 1. The van der Waals surface area contributed by atoms with Crippen LogP contribution in [0.5, 0.6) is 11.5 Å². The van der Waals surface area contributed by atoms with E-state index >= 15 is 0 Å². The van der Waals surface area contributed by atoms with Gasteiger partial charge >= 0.3 is 0 Å². The summed E-state index contributed by atoms with van der Waals surface area (Å²) in [5.74, 6) is 1.66. The summed E-state index contributed by atoms with van der Waals surface area (Å²) in [4.78, 5) is 0. The lowest BCUT2D eigenvalue weighted by Crippen LogP contribution is -2.32. The molecule has 1 heterocycles. The molecule has 4 nitrogen and oxygen atoms in total. The Morgan fingerprint density at radius 2 is 1.95 bits per heavy atom. The van der Waals surface area contributed by atoms with Gasteiger partial charge in [-0.15, -0.1) is 0 Å². The maximum absolute atomic E-state index is 5.72. The van der Waals surface area contributed by atoms with Crippen molar-refractivity contribution in [1.82, 2.24) is 5.32 Å². The molecule has 0 fully saturated rings. The van der Waals surface area contributed by atoms with E-state index in [1.165, 1.54) is 5.56 Å². The summed E-state index contributed by atoms with van der Waals surface area (Å²) in [6.45, 7) is 9.06. The van der Waals surface area contributed by atoms with Crippen LogP contribution < -0.4 is 14.8 Å². The van der Waals surface area contributed by atoms with Gasteiger partial charge in [-0.3, -0.25) is 0 Å². The van der Waals surface area contributed by atoms with Gasteiger partial charge < -0.3 is 19.5 Å². The van der Waals surface area contributed by atoms with E-state index in [-0.39, 0.29) is 12.1 Å². The summed E-state index contributed by atoms with van der Waals surface area (Å²) in [5.41, 5.74) is 1.17. The summed E-state index contributed by atoms with van der Waals surface area (Å²) in [5, 5.41) is 3.47. The zero-order valence-electron chi connectivity index (χ0n) is 11.9. The van der Waals surface area contributed by atoms with Crippen molar-refractivity contribution in [2.24, 2.45) is 0 Å². The zero-order valence-corrected chi connectivity index (χ0v) is 11.9. The maximum atomic E-state index is 5.72. The van der Waals surface area contributed by atoms with Gasteiger partial charge in [0.05, 0.1) is 12.1 Å². The second-order valence-corrected chi connectivity index (χ2v) is 4.60. The molecule has 1 aliphatic heterocycles. The minimum Gasteiger partial charge on any atom is -0.486 e. The Kier molecular flexibility index (Phi) is 5.05. The molecule has 0 aliphatic carbocycles. The van der Waals surface area contributed by atoms with Crippen LogP contribution in [-0.4, -0.2) is 32.5 Å². The summed E-state index contributed by atoms with van der Waals surface area (Å²) in [6, 6.07) is 6.28. The number of fused-ring (bicyclic) bond motifs is 1. The van der Waals surface area contributed by atoms with Gasteiger partial charge in [-0.25, -0.2) is 0 Å². The number of rotatable bonds is 6. The minimum atomic E-state index is 0.118. The Labute approximate surface area is 115 Å². The van der Waals surface area contributed by atoms with Crippen LogP contribution >= 0.6 is 0 Å². The van der Waals surface area contributed by atoms with Crippen LogP contribution in [0, 0.1) is 0 Å². The molecule has 0 bridgehead atoms. The van der Waals surface area contributed by atoms with Crippen LogP contribution in [0.25, 0.3) is 0 Å². The van der Waals surface area contributed by atoms with Crippen molar-refractivity contribution in [1.29, 1.82) is 0 Å². The highest BCUT2D eigenvalue weighted by Gasteiger charge is 2.21. The fourth-order valence-corrected chi connectivity index (χ4v) is 2.39. The van der Waals surface area contributed by atoms with Crippen molar-refractivity contribution < 1.29 is 14.2 Å². The molecule has 0 amide bonds. The summed E-state index contributed by atoms with van der Waals surface area (Å²) in [7, 11) is 0. The van der Waals surface area contributed by atoms with Gasteiger partial charge in [0.2, 0.25) is 0 Å². The van der Waals surface area contributed by atoms with Crippen LogP contribution in [0.3, 0.4) is 0 Å². The Hall–Kier alpha value is -1.26. The molecule has 0 saturated carbocycles. The van der Waals surface area contributed by atoms with E-state index < -0.39 is 0 Å². The van der Waals surface area contributed by atoms with Crippen molar-refractivity contribution in [3.05, 3.63) is 23.8 Å². The minimum absolute atomic E-state index is 0.118. The van der Waals surface area contributed by atoms with E-state index in [2.05, 4.69) is 31.3 Å². The standard InChI is InChI=1S/C15H23NO3/c1-4-16-15(11(3)17-5-2)12-6-7-13-14(10-12)19-9-8-18-13/h6-7,10-11,15-16H,4-5,8-9H2,1-3H3. The Bertz CT molecular complexity index is 408. The van der Waals surface area contributed by atoms with E-state index in [4.69, 9.17) is 14.2 Å². The molecule has 1 aromatic carbocycles. The van der Waals surface area contributed by atoms with Crippen molar-refractivity contribution in [2.45, 2.75) is 32.9 Å². The van der Waals surface area contributed by atoms with Gasteiger partial charge in [0, 0.05) is 6.61 Å². The first-order chi connectivity index (χ1) is 9.26. The average molecular weight is 265 g/mol. The molecular weight excluding hydrogens is 242 g/mol. The van der Waals surface area contributed by atoms with Crippen LogP contribution in [-0.2, 0) is 4.74 Å². The second kappa shape index (κ2) is 6.78. The third-order valence-corrected chi connectivity index (χ3v) is 3.25. The topological polar surface area (TPSA) is 39.7 Å². The summed E-state index contributed by atoms with van der Waals surface area (Å²) in [6.07, 6.45) is 0.118. The molecule has 1 N–H and O–H groups in total. The van der Waals surface area contributed by atoms with Gasteiger partial charge in [-0.2, -0.15) is 0 Å². The zero-order chi connectivity index (χ0) is 13.7. The summed E-state index contributed by atoms with van der Waals surface area (Å²) >= 11 is 0. The lowest BCUT2D eigenvalue weighted by atomic mass is 10.0. The molecule has 2 unspecified atom stereocenters. The highest BCUT2D eigenvalue weighted by molar-refractivity contribution is 5.44. The molecule has 2 rings (SSSR count). The van der Waals surface area contributed by atoms with Crippen LogP contribution in [0.15, 0.2) is 18.2 Å². The van der Waals surface area contributed by atoms with E-state index in [0.717, 1.165) is 18.0 Å². The Balaban J connectivity index is 2.20. The SMILES string of the molecule is CCNC(c1ccc2c(c1)OCCO2)C(C)OCC. The lowest BCUT2D eigenvalue weighted by molar-refractivity contribution is 0.0475. The fraction of sp³-hybridized carbons (Fsp3) is 0.600. The second-order valence-electron chi connectivity index (χ2n) is 4.60. The normalized spacial score (nSPS) is 17.0. The van der Waals surface area contributed by atoms with E-state index in [1.807, 2.05) is 13.0 Å². The van der Waals surface area contributed by atoms with E-state index in [0.29, 0.717) is 19.8 Å². The Morgan fingerprint density at radius 1 is 1.21 bits per heavy atom. The molecule has 0 saturated heterocycles. The van der Waals surface area contributed by atoms with E-state index in [1.54, 1.807) is 0 Å². The predicted octanol–water partition coefficient (Wildman–Crippen LogP) is 2.53. The first-order valence-corrected chi connectivity index (χ1v) is 7.00. The molecule has 106 valence electrons. The van der Waals surface area contributed by atoms with Gasteiger partial charge in [-0.1, -0.05) is 13.0 Å². The smallest absolute Gasteiger partial charge is 0.161 e. The molecule has 1 aromatic rings. The van der Waals surface area contributed by atoms with Crippen molar-refractivity contribution in [3.8, 4) is 11.5 Å². The number of likely N-dealkylation sites (N-methyl/N-ethyl adjacent to an activating group) is 1. The largest absolute Gasteiger partial charge is 0.486 e. The lowest BCUT2D eigenvalue weighted by Gasteiger charge is -2.27. The van der Waals surface area contributed by atoms with Gasteiger partial charge in [0.15, 0.2) is 11.5 Å². The quantitative estimate of drug-likeness (QED) is 0.858. The Morgan fingerprint density at radius 3 is 2.63 bits per heavy atom. The van der Waals surface area contributed by atoms with Gasteiger partial charge in [0.25, 0.3) is 0 Å². The molecule has 4 heteroatoms. The highest BCUT2D eigenvalue weighted by Crippen LogP contribution is 2.33. The van der Waals surface area contributed by atoms with Crippen LogP contribution in [0.4, 0.5) is 0 Å². The van der Waals surface area contributed by atoms with Crippen molar-refractivity contribution in [2.75, 3.05) is 26.4 Å². The number of benzene rings is 1. The fourth-order valence-electron chi connectivity index (χ4n) is 2.39. The van der Waals surface area contributed by atoms with Crippen molar-refractivity contribution in [3.63, 3.8) is 0 Å². The van der Waals surface area contributed by atoms with Gasteiger partial charge in [0.1, 0.15) is 13.2 Å². The molecule has 19 heavy (non-hydrogen) atoms. The maximum Gasteiger partial charge on any atom is 0.161 e. The molecule has 0 radical (unpaired) electrons. The molecule has 0 spiro atoms. The van der Waals surface area contributed by atoms with Crippen molar-refractivity contribution >= 4 is 0 Å². The van der Waals surface area contributed by atoms with Crippen LogP contribution in [0.1, 0.15) is 32.4 Å².